The van der Waals surface area contributed by atoms with Crippen LogP contribution in [0.3, 0.4) is 0 Å². The molecule has 0 saturated heterocycles. The molecule has 0 amide bonds. The molecule has 2 N–H and O–H groups in total. The van der Waals surface area contributed by atoms with Crippen LogP contribution < -0.4 is 5.46 Å². The van der Waals surface area contributed by atoms with Crippen molar-refractivity contribution >= 4 is 79.4 Å². The van der Waals surface area contributed by atoms with Crippen LogP contribution in [0.5, 0.6) is 0 Å². The van der Waals surface area contributed by atoms with Crippen LogP contribution in [-0.2, 0) is 0 Å². The third kappa shape index (κ3) is 4.28. The topological polar surface area (TPSA) is 63.5 Å². The van der Waals surface area contributed by atoms with Gasteiger partial charge in [-0.15, -0.1) is 0 Å². The molecule has 0 aliphatic rings. The van der Waals surface area contributed by atoms with Crippen LogP contribution in [-0.4, -0.2) is 26.3 Å². The van der Waals surface area contributed by atoms with Gasteiger partial charge in [0.15, 0.2) is 0 Å². The third-order valence-electron chi connectivity index (χ3n) is 9.63. The van der Waals surface area contributed by atoms with E-state index in [0.717, 1.165) is 77.2 Å². The lowest BCUT2D eigenvalue weighted by Crippen LogP contribution is -2.29. The van der Waals surface area contributed by atoms with Gasteiger partial charge in [-0.3, -0.25) is 0 Å². The molecule has 0 aliphatic carbocycles. The maximum atomic E-state index is 10.1. The fraction of sp³-hybridized carbons (Fsp3) is 0.0233. The molecule has 3 aromatic heterocycles. The highest BCUT2D eigenvalue weighted by molar-refractivity contribution is 6.61. The van der Waals surface area contributed by atoms with Crippen LogP contribution in [0.4, 0.5) is 0 Å². The summed E-state index contributed by atoms with van der Waals surface area (Å²) >= 11 is 0. The normalized spacial score (nSPS) is 12.0. The Morgan fingerprint density at radius 2 is 1.29 bits per heavy atom. The van der Waals surface area contributed by atoms with E-state index in [1.165, 1.54) is 0 Å². The minimum Gasteiger partial charge on any atom is -0.456 e. The summed E-state index contributed by atoms with van der Waals surface area (Å²) < 4.78 is 11.1. The van der Waals surface area contributed by atoms with Gasteiger partial charge in [0.2, 0.25) is 0 Å². The van der Waals surface area contributed by atoms with Crippen molar-refractivity contribution in [3.8, 4) is 22.5 Å². The number of benzene rings is 6. The highest BCUT2D eigenvalue weighted by Gasteiger charge is 2.24. The van der Waals surface area contributed by atoms with Gasteiger partial charge >= 0.3 is 7.12 Å². The number of hydrogen-bond acceptors (Lipinski definition) is 3. The van der Waals surface area contributed by atoms with Crippen molar-refractivity contribution < 1.29 is 14.5 Å². The van der Waals surface area contributed by atoms with E-state index in [4.69, 9.17) is 4.42 Å². The number of aromatic nitrogens is 2. The first-order valence-corrected chi connectivity index (χ1v) is 16.4. The van der Waals surface area contributed by atoms with Crippen molar-refractivity contribution in [3.63, 3.8) is 0 Å². The average Bonchev–Trinajstić information content (AvgIpc) is 3.79. The monoisotopic (exact) mass is 634 g/mol. The van der Waals surface area contributed by atoms with Crippen molar-refractivity contribution in [2.45, 2.75) is 6.92 Å². The van der Waals surface area contributed by atoms with E-state index in [-0.39, 0.29) is 0 Å². The van der Waals surface area contributed by atoms with Gasteiger partial charge in [0.1, 0.15) is 11.2 Å². The molecule has 234 valence electrons. The smallest absolute Gasteiger partial charge is 0.456 e. The third-order valence-corrected chi connectivity index (χ3v) is 9.63. The van der Waals surface area contributed by atoms with Gasteiger partial charge in [-0.25, -0.2) is 0 Å². The first kappa shape index (κ1) is 29.1. The SMILES string of the molecule is C=Cc1c(/C=C\C)c2ccc3c4cc(-c5cccc6c5oc5c(B(O)O)cccc56)ccc4n(-c4ccccc4)c3c2n1-c1ccccc1. The summed E-state index contributed by atoms with van der Waals surface area (Å²) in [6.45, 7) is 6.31. The second-order valence-corrected chi connectivity index (χ2v) is 12.3. The Morgan fingerprint density at radius 1 is 0.633 bits per heavy atom. The zero-order valence-corrected chi connectivity index (χ0v) is 26.8. The van der Waals surface area contributed by atoms with Crippen molar-refractivity contribution in [3.05, 3.63) is 151 Å². The second-order valence-electron chi connectivity index (χ2n) is 12.3. The molecule has 0 spiro atoms. The quantitative estimate of drug-likeness (QED) is 0.179. The summed E-state index contributed by atoms with van der Waals surface area (Å²) in [5.41, 5.74) is 11.1. The summed E-state index contributed by atoms with van der Waals surface area (Å²) in [6, 6.07) is 43.7. The van der Waals surface area contributed by atoms with Crippen LogP contribution in [0.25, 0.3) is 89.3 Å². The fourth-order valence-corrected chi connectivity index (χ4v) is 7.59. The lowest BCUT2D eigenvalue weighted by atomic mass is 9.79. The van der Waals surface area contributed by atoms with Crippen LogP contribution >= 0.6 is 0 Å². The van der Waals surface area contributed by atoms with E-state index < -0.39 is 7.12 Å². The van der Waals surface area contributed by atoms with Gasteiger partial charge in [0.25, 0.3) is 0 Å². The lowest BCUT2D eigenvalue weighted by Gasteiger charge is -2.13. The van der Waals surface area contributed by atoms with Gasteiger partial charge in [-0.2, -0.15) is 0 Å². The number of allylic oxidation sites excluding steroid dienone is 1. The van der Waals surface area contributed by atoms with E-state index in [2.05, 4.69) is 120 Å². The second kappa shape index (κ2) is 11.3. The molecule has 3 heterocycles. The molecule has 0 aliphatic heterocycles. The summed E-state index contributed by atoms with van der Waals surface area (Å²) in [6.07, 6.45) is 6.22. The van der Waals surface area contributed by atoms with Gasteiger partial charge in [-0.05, 0) is 55.0 Å². The van der Waals surface area contributed by atoms with E-state index in [1.807, 2.05) is 42.5 Å². The molecule has 0 fully saturated rings. The Morgan fingerprint density at radius 3 is 1.98 bits per heavy atom. The van der Waals surface area contributed by atoms with Crippen molar-refractivity contribution in [1.29, 1.82) is 0 Å². The van der Waals surface area contributed by atoms with Gasteiger partial charge in [0.05, 0.1) is 22.2 Å². The largest absolute Gasteiger partial charge is 0.492 e. The molecule has 0 saturated carbocycles. The molecule has 5 nitrogen and oxygen atoms in total. The van der Waals surface area contributed by atoms with E-state index in [0.29, 0.717) is 16.6 Å². The van der Waals surface area contributed by atoms with Crippen LogP contribution in [0.1, 0.15) is 18.2 Å². The summed E-state index contributed by atoms with van der Waals surface area (Å²) in [4.78, 5) is 0. The zero-order chi connectivity index (χ0) is 33.2. The number of para-hydroxylation sites is 4. The number of rotatable bonds is 6. The summed E-state index contributed by atoms with van der Waals surface area (Å²) in [5.74, 6) is 0. The van der Waals surface area contributed by atoms with Crippen LogP contribution in [0.2, 0.25) is 0 Å². The first-order chi connectivity index (χ1) is 24.1. The number of furan rings is 1. The van der Waals surface area contributed by atoms with Gasteiger partial charge < -0.3 is 23.6 Å². The Labute approximate surface area is 283 Å². The average molecular weight is 635 g/mol. The molecular weight excluding hydrogens is 603 g/mol. The Kier molecular flexibility index (Phi) is 6.69. The molecule has 0 bridgehead atoms. The van der Waals surface area contributed by atoms with Gasteiger partial charge in [-0.1, -0.05) is 110 Å². The molecule has 0 atom stereocenters. The Balaban J connectivity index is 1.41. The molecule has 6 aromatic carbocycles. The Hall–Kier alpha value is -6.08. The first-order valence-electron chi connectivity index (χ1n) is 16.4. The molecule has 9 rings (SSSR count). The number of hydrogen-bond donors (Lipinski definition) is 2. The zero-order valence-electron chi connectivity index (χ0n) is 26.8. The predicted molar refractivity (Wildman–Crippen MR) is 205 cm³/mol. The van der Waals surface area contributed by atoms with Crippen molar-refractivity contribution in [1.82, 2.24) is 9.13 Å². The molecule has 9 aromatic rings. The molecule has 0 radical (unpaired) electrons. The predicted octanol–water partition coefficient (Wildman–Crippen LogP) is 9.65. The maximum Gasteiger partial charge on any atom is 0.492 e. The number of fused-ring (bicyclic) bond motifs is 8. The molecule has 6 heteroatoms. The minimum atomic E-state index is -1.63. The maximum absolute atomic E-state index is 10.1. The fourth-order valence-electron chi connectivity index (χ4n) is 7.59. The lowest BCUT2D eigenvalue weighted by molar-refractivity contribution is 0.425. The highest BCUT2D eigenvalue weighted by Crippen LogP contribution is 2.43. The Bertz CT molecular complexity index is 2770. The van der Waals surface area contributed by atoms with Crippen molar-refractivity contribution in [2.75, 3.05) is 0 Å². The highest BCUT2D eigenvalue weighted by atomic mass is 16.4. The van der Waals surface area contributed by atoms with E-state index in [1.54, 1.807) is 6.07 Å². The minimum absolute atomic E-state index is 0.350. The molecular formula is C43H31BN2O3. The number of nitrogens with zero attached hydrogens (tertiary/aromatic N) is 2. The summed E-state index contributed by atoms with van der Waals surface area (Å²) in [5, 5.41) is 25.3. The van der Waals surface area contributed by atoms with E-state index in [9.17, 15) is 10.0 Å². The standard InChI is InChI=1S/C43H31BN2O3/c1-3-13-31-32-23-24-33-36-26-27(30-18-11-19-34-35-20-12-21-37(44(47)48)43(35)49-42(30)34)22-25-39(36)46(29-16-9-6-10-17-29)41(33)40(32)45(38(31)4-2)28-14-7-5-8-15-28/h3-26,47-48H,2H2,1H3/b13-3-. The van der Waals surface area contributed by atoms with Crippen LogP contribution in [0.15, 0.2) is 144 Å². The summed E-state index contributed by atoms with van der Waals surface area (Å²) in [7, 11) is -1.63. The van der Waals surface area contributed by atoms with E-state index >= 15 is 0 Å². The van der Waals surface area contributed by atoms with Gasteiger partial charge in [0, 0.05) is 54.9 Å². The molecule has 0 unspecified atom stereocenters. The van der Waals surface area contributed by atoms with Crippen molar-refractivity contribution in [2.24, 2.45) is 0 Å². The van der Waals surface area contributed by atoms with Crippen LogP contribution in [0, 0.1) is 0 Å². The molecule has 49 heavy (non-hydrogen) atoms.